The van der Waals surface area contributed by atoms with Crippen molar-refractivity contribution in [2.75, 3.05) is 54.5 Å². The van der Waals surface area contributed by atoms with Crippen LogP contribution in [0.1, 0.15) is 6.42 Å². The molecule has 2 aromatic rings. The molecular formula is C20H25N3OSe. The van der Waals surface area contributed by atoms with Crippen LogP contribution in [0.5, 0.6) is 0 Å². The average molecular weight is 402 g/mol. The summed E-state index contributed by atoms with van der Waals surface area (Å²) in [7, 11) is 0. The molecule has 0 N–H and O–H groups in total. The summed E-state index contributed by atoms with van der Waals surface area (Å²) in [4.78, 5) is 7.36. The molecule has 0 aliphatic carbocycles. The molecule has 2 heterocycles. The molecule has 0 spiro atoms. The molecule has 0 saturated carbocycles. The molecule has 2 aliphatic heterocycles. The first-order chi connectivity index (χ1) is 12.3. The Morgan fingerprint density at radius 3 is 2.36 bits per heavy atom. The van der Waals surface area contributed by atoms with Crippen molar-refractivity contribution in [2.45, 2.75) is 6.42 Å². The number of hydrogen-bond acceptors (Lipinski definition) is 4. The fourth-order valence-electron chi connectivity index (χ4n) is 3.73. The molecule has 0 radical (unpaired) electrons. The first-order valence-electron chi connectivity index (χ1n) is 9.06. The summed E-state index contributed by atoms with van der Waals surface area (Å²) in [5.41, 5.74) is 3.29. The summed E-state index contributed by atoms with van der Waals surface area (Å²) in [5.74, 6) is 0. The van der Waals surface area contributed by atoms with Gasteiger partial charge < -0.3 is 0 Å². The third kappa shape index (κ3) is 3.79. The van der Waals surface area contributed by atoms with Crippen LogP contribution < -0.4 is 14.3 Å². The Labute approximate surface area is 154 Å². The predicted octanol–water partition coefficient (Wildman–Crippen LogP) is 1.89. The Bertz CT molecular complexity index is 729. The van der Waals surface area contributed by atoms with E-state index in [1.54, 1.807) is 0 Å². The van der Waals surface area contributed by atoms with Crippen molar-refractivity contribution in [3.63, 3.8) is 0 Å². The van der Waals surface area contributed by atoms with Crippen LogP contribution in [0.2, 0.25) is 0 Å². The van der Waals surface area contributed by atoms with E-state index in [2.05, 4.69) is 57.2 Å². The summed E-state index contributed by atoms with van der Waals surface area (Å²) >= 11 is -1.83. The number of benzene rings is 2. The monoisotopic (exact) mass is 403 g/mol. The van der Waals surface area contributed by atoms with Crippen LogP contribution in [0.3, 0.4) is 0 Å². The Morgan fingerprint density at radius 1 is 0.840 bits per heavy atom. The van der Waals surface area contributed by atoms with Gasteiger partial charge in [0.25, 0.3) is 0 Å². The summed E-state index contributed by atoms with van der Waals surface area (Å²) in [6.07, 6.45) is 1.14. The van der Waals surface area contributed by atoms with Gasteiger partial charge in [0, 0.05) is 0 Å². The molecule has 2 aromatic carbocycles. The second kappa shape index (κ2) is 7.69. The fourth-order valence-corrected chi connectivity index (χ4v) is 6.56. The van der Waals surface area contributed by atoms with E-state index < -0.39 is 13.8 Å². The van der Waals surface area contributed by atoms with Gasteiger partial charge in [-0.1, -0.05) is 6.07 Å². The molecule has 0 aromatic heterocycles. The van der Waals surface area contributed by atoms with E-state index in [-0.39, 0.29) is 0 Å². The van der Waals surface area contributed by atoms with Crippen LogP contribution in [-0.2, 0) is 3.83 Å². The fraction of sp³-hybridized carbons (Fsp3) is 0.400. The number of fused-ring (bicyclic) bond motifs is 1. The summed E-state index contributed by atoms with van der Waals surface area (Å²) < 4.78 is 13.4. The quantitative estimate of drug-likeness (QED) is 0.714. The van der Waals surface area contributed by atoms with Gasteiger partial charge in [-0.05, 0) is 0 Å². The van der Waals surface area contributed by atoms with Gasteiger partial charge in [-0.3, -0.25) is 0 Å². The second-order valence-corrected chi connectivity index (χ2v) is 9.64. The Morgan fingerprint density at radius 2 is 1.56 bits per heavy atom. The SMILES string of the molecule is O=[Se]1CN(CCCN2CCN(c3ccccc3)CC2)c2ccccc21. The zero-order chi connectivity index (χ0) is 17.1. The molecule has 1 atom stereocenters. The van der Waals surface area contributed by atoms with Gasteiger partial charge >= 0.3 is 148 Å². The molecule has 1 saturated heterocycles. The molecule has 5 heteroatoms. The molecule has 0 bridgehead atoms. The van der Waals surface area contributed by atoms with E-state index >= 15 is 0 Å². The van der Waals surface area contributed by atoms with Crippen LogP contribution in [0.25, 0.3) is 0 Å². The topological polar surface area (TPSA) is 26.8 Å². The zero-order valence-corrected chi connectivity index (χ0v) is 16.2. The average Bonchev–Trinajstić information content (AvgIpc) is 2.99. The first kappa shape index (κ1) is 16.8. The molecular weight excluding hydrogens is 377 g/mol. The number of hydrogen-bond donors (Lipinski definition) is 0. The van der Waals surface area contributed by atoms with Crippen molar-refractivity contribution in [3.05, 3.63) is 54.6 Å². The minimum absolute atomic E-state index is 0.751. The zero-order valence-electron chi connectivity index (χ0n) is 14.5. The van der Waals surface area contributed by atoms with Gasteiger partial charge in [-0.25, -0.2) is 0 Å². The molecule has 4 rings (SSSR count). The summed E-state index contributed by atoms with van der Waals surface area (Å²) in [5, 5.41) is 0. The summed E-state index contributed by atoms with van der Waals surface area (Å²) in [6.45, 7) is 6.60. The van der Waals surface area contributed by atoms with Crippen LogP contribution in [-0.4, -0.2) is 63.4 Å². The molecule has 25 heavy (non-hydrogen) atoms. The van der Waals surface area contributed by atoms with E-state index in [9.17, 15) is 3.83 Å². The van der Waals surface area contributed by atoms with E-state index in [0.29, 0.717) is 0 Å². The Balaban J connectivity index is 1.24. The van der Waals surface area contributed by atoms with Crippen LogP contribution >= 0.6 is 0 Å². The van der Waals surface area contributed by atoms with Gasteiger partial charge in [0.05, 0.1) is 0 Å². The third-order valence-electron chi connectivity index (χ3n) is 5.12. The van der Waals surface area contributed by atoms with Crippen LogP contribution in [0, 0.1) is 0 Å². The molecule has 4 nitrogen and oxygen atoms in total. The van der Waals surface area contributed by atoms with Crippen molar-refractivity contribution >= 4 is 29.7 Å². The van der Waals surface area contributed by atoms with Crippen LogP contribution in [0.15, 0.2) is 54.6 Å². The minimum atomic E-state index is -1.83. The molecule has 0 amide bonds. The number of nitrogens with zero attached hydrogens (tertiary/aromatic N) is 3. The van der Waals surface area contributed by atoms with Crippen molar-refractivity contribution < 1.29 is 3.83 Å². The van der Waals surface area contributed by atoms with E-state index in [1.807, 2.05) is 12.1 Å². The van der Waals surface area contributed by atoms with Crippen LogP contribution in [0.4, 0.5) is 11.4 Å². The molecule has 1 unspecified atom stereocenters. The van der Waals surface area contributed by atoms with Gasteiger partial charge in [0.15, 0.2) is 0 Å². The maximum absolute atomic E-state index is 12.3. The van der Waals surface area contributed by atoms with Gasteiger partial charge in [0.1, 0.15) is 0 Å². The Kier molecular flexibility index (Phi) is 5.16. The van der Waals surface area contributed by atoms with Gasteiger partial charge in [-0.2, -0.15) is 0 Å². The van der Waals surface area contributed by atoms with E-state index in [4.69, 9.17) is 0 Å². The molecule has 2 aliphatic rings. The second-order valence-electron chi connectivity index (χ2n) is 6.72. The van der Waals surface area contributed by atoms with Gasteiger partial charge in [0.2, 0.25) is 0 Å². The summed E-state index contributed by atoms with van der Waals surface area (Å²) in [6, 6.07) is 18.9. The number of piperazine rings is 1. The first-order valence-corrected chi connectivity index (χ1v) is 11.8. The van der Waals surface area contributed by atoms with Crippen molar-refractivity contribution in [3.8, 4) is 0 Å². The normalized spacial score (nSPS) is 20.7. The van der Waals surface area contributed by atoms with Crippen molar-refractivity contribution in [2.24, 2.45) is 0 Å². The number of anilines is 2. The van der Waals surface area contributed by atoms with E-state index in [0.717, 1.165) is 55.6 Å². The Hall–Kier alpha value is -1.68. The maximum atomic E-state index is 12.3. The third-order valence-corrected chi connectivity index (χ3v) is 8.02. The molecule has 1 fully saturated rings. The standard InChI is InChI=1S/C20H25N3OSe/c24-25-17-23(19-9-4-5-10-20(19)25)12-6-11-21-13-15-22(16-14-21)18-7-2-1-3-8-18/h1-5,7-10H,6,11-17H2. The number of rotatable bonds is 5. The predicted molar refractivity (Wildman–Crippen MR) is 104 cm³/mol. The molecule has 132 valence electrons. The van der Waals surface area contributed by atoms with Gasteiger partial charge in [-0.15, -0.1) is 0 Å². The van der Waals surface area contributed by atoms with Crippen molar-refractivity contribution in [1.29, 1.82) is 0 Å². The van der Waals surface area contributed by atoms with E-state index in [1.165, 1.54) is 11.4 Å². The van der Waals surface area contributed by atoms with Crippen molar-refractivity contribution in [1.82, 2.24) is 4.90 Å². The number of para-hydroxylation sites is 2.